The predicted octanol–water partition coefficient (Wildman–Crippen LogP) is 2.03. The third kappa shape index (κ3) is 2.83. The first-order valence-electron chi connectivity index (χ1n) is 6.18. The average molecular weight is 219 g/mol. The Balaban J connectivity index is 2.05. The average Bonchev–Trinajstić information content (AvgIpc) is 2.31. The van der Waals surface area contributed by atoms with Crippen LogP contribution in [-0.2, 0) is 6.42 Å². The fourth-order valence-corrected chi connectivity index (χ4v) is 2.47. The topological polar surface area (TPSA) is 23.5 Å². The van der Waals surface area contributed by atoms with Crippen molar-refractivity contribution in [3.63, 3.8) is 0 Å². The molecule has 2 heteroatoms. The second-order valence-electron chi connectivity index (χ2n) is 4.80. The van der Waals surface area contributed by atoms with Gasteiger partial charge in [-0.15, -0.1) is 0 Å². The van der Waals surface area contributed by atoms with E-state index in [0.717, 1.165) is 12.3 Å². The highest BCUT2D eigenvalue weighted by atomic mass is 16.2. The van der Waals surface area contributed by atoms with Crippen LogP contribution in [0.3, 0.4) is 0 Å². The van der Waals surface area contributed by atoms with Crippen LogP contribution in [0.1, 0.15) is 29.9 Å². The highest BCUT2D eigenvalue weighted by molar-refractivity contribution is 5.27. The normalized spacial score (nSPS) is 18.9. The summed E-state index contributed by atoms with van der Waals surface area (Å²) in [5.41, 5.74) is 2.72. The molecule has 2 nitrogen and oxygen atoms in total. The molecule has 0 saturated carbocycles. The third-order valence-electron chi connectivity index (χ3n) is 3.54. The lowest BCUT2D eigenvalue weighted by atomic mass is 9.88. The first-order valence-corrected chi connectivity index (χ1v) is 6.18. The van der Waals surface area contributed by atoms with Gasteiger partial charge in [-0.05, 0) is 56.4 Å². The Kier molecular flexibility index (Phi) is 3.97. The lowest BCUT2D eigenvalue weighted by Crippen LogP contribution is -2.29. The Bertz CT molecular complexity index is 329. The van der Waals surface area contributed by atoms with Gasteiger partial charge in [-0.25, -0.2) is 0 Å². The largest absolute Gasteiger partial charge is 0.396 e. The maximum absolute atomic E-state index is 8.95. The van der Waals surface area contributed by atoms with Crippen LogP contribution in [0.2, 0.25) is 0 Å². The van der Waals surface area contributed by atoms with E-state index in [1.54, 1.807) is 0 Å². The van der Waals surface area contributed by atoms with Gasteiger partial charge in [0.15, 0.2) is 0 Å². The van der Waals surface area contributed by atoms with Crippen LogP contribution in [0.4, 0.5) is 0 Å². The van der Waals surface area contributed by atoms with Crippen molar-refractivity contribution in [3.8, 4) is 0 Å². The van der Waals surface area contributed by atoms with Gasteiger partial charge in [-0.2, -0.15) is 0 Å². The smallest absolute Gasteiger partial charge is 0.0471 e. The third-order valence-corrected chi connectivity index (χ3v) is 3.54. The Morgan fingerprint density at radius 2 is 2.06 bits per heavy atom. The molecular formula is C14H21NO. The summed E-state index contributed by atoms with van der Waals surface area (Å²) in [6.07, 6.45) is 3.30. The molecule has 0 aliphatic carbocycles. The maximum Gasteiger partial charge on any atom is 0.0471 e. The summed E-state index contributed by atoms with van der Waals surface area (Å²) in [4.78, 5) is 2.40. The minimum atomic E-state index is 0.247. The van der Waals surface area contributed by atoms with Crippen molar-refractivity contribution in [2.45, 2.75) is 25.2 Å². The first kappa shape index (κ1) is 11.6. The summed E-state index contributed by atoms with van der Waals surface area (Å²) in [5, 5.41) is 8.95. The molecule has 1 aliphatic heterocycles. The molecular weight excluding hydrogens is 198 g/mol. The Labute approximate surface area is 97.9 Å². The number of benzene rings is 1. The quantitative estimate of drug-likeness (QED) is 0.841. The standard InChI is InChI=1S/C14H21NO/c1-15-8-5-13(6-9-15)14-4-2-3-12(11-14)7-10-16/h2-4,11,13,16H,5-10H2,1H3. The molecule has 2 rings (SSSR count). The van der Waals surface area contributed by atoms with Crippen LogP contribution in [0.25, 0.3) is 0 Å². The summed E-state index contributed by atoms with van der Waals surface area (Å²) in [5.74, 6) is 0.717. The van der Waals surface area contributed by atoms with Crippen molar-refractivity contribution >= 4 is 0 Å². The van der Waals surface area contributed by atoms with Crippen LogP contribution in [-0.4, -0.2) is 36.8 Å². The molecule has 88 valence electrons. The van der Waals surface area contributed by atoms with Gasteiger partial charge in [-0.1, -0.05) is 24.3 Å². The molecule has 1 aromatic carbocycles. The van der Waals surface area contributed by atoms with E-state index in [-0.39, 0.29) is 6.61 Å². The summed E-state index contributed by atoms with van der Waals surface area (Å²) in [7, 11) is 2.19. The van der Waals surface area contributed by atoms with Crippen molar-refractivity contribution in [1.82, 2.24) is 4.90 Å². The maximum atomic E-state index is 8.95. The van der Waals surface area contributed by atoms with Gasteiger partial charge in [0.1, 0.15) is 0 Å². The zero-order chi connectivity index (χ0) is 11.4. The van der Waals surface area contributed by atoms with Crippen LogP contribution >= 0.6 is 0 Å². The fraction of sp³-hybridized carbons (Fsp3) is 0.571. The molecule has 1 aromatic rings. The van der Waals surface area contributed by atoms with Crippen molar-refractivity contribution in [3.05, 3.63) is 35.4 Å². The number of hydrogen-bond acceptors (Lipinski definition) is 2. The summed E-state index contributed by atoms with van der Waals surface area (Å²) in [6, 6.07) is 8.73. The van der Waals surface area contributed by atoms with Crippen molar-refractivity contribution in [1.29, 1.82) is 0 Å². The van der Waals surface area contributed by atoms with E-state index in [2.05, 4.69) is 36.2 Å². The van der Waals surface area contributed by atoms with Crippen LogP contribution in [0.5, 0.6) is 0 Å². The predicted molar refractivity (Wildman–Crippen MR) is 66.7 cm³/mol. The molecule has 1 N–H and O–H groups in total. The number of nitrogens with zero attached hydrogens (tertiary/aromatic N) is 1. The molecule has 0 aromatic heterocycles. The van der Waals surface area contributed by atoms with Gasteiger partial charge >= 0.3 is 0 Å². The molecule has 1 heterocycles. The second kappa shape index (κ2) is 5.46. The van der Waals surface area contributed by atoms with Crippen LogP contribution in [0.15, 0.2) is 24.3 Å². The second-order valence-corrected chi connectivity index (χ2v) is 4.80. The molecule has 16 heavy (non-hydrogen) atoms. The SMILES string of the molecule is CN1CCC(c2cccc(CCO)c2)CC1. The molecule has 0 unspecified atom stereocenters. The van der Waals surface area contributed by atoms with Gasteiger partial charge in [0.25, 0.3) is 0 Å². The van der Waals surface area contributed by atoms with Gasteiger partial charge in [-0.3, -0.25) is 0 Å². The van der Waals surface area contributed by atoms with Gasteiger partial charge in [0.05, 0.1) is 0 Å². The Hall–Kier alpha value is -0.860. The molecule has 1 saturated heterocycles. The molecule has 0 amide bonds. The summed E-state index contributed by atoms with van der Waals surface area (Å²) < 4.78 is 0. The van der Waals surface area contributed by atoms with E-state index < -0.39 is 0 Å². The number of rotatable bonds is 3. The van der Waals surface area contributed by atoms with Crippen molar-refractivity contribution in [2.24, 2.45) is 0 Å². The Morgan fingerprint density at radius 3 is 2.75 bits per heavy atom. The lowest BCUT2D eigenvalue weighted by molar-refractivity contribution is 0.255. The van der Waals surface area contributed by atoms with Crippen LogP contribution in [0, 0.1) is 0 Å². The first-order chi connectivity index (χ1) is 7.79. The minimum Gasteiger partial charge on any atom is -0.396 e. The van der Waals surface area contributed by atoms with Gasteiger partial charge in [0, 0.05) is 6.61 Å². The Morgan fingerprint density at radius 1 is 1.31 bits per heavy atom. The zero-order valence-electron chi connectivity index (χ0n) is 10.0. The number of likely N-dealkylation sites (tertiary alicyclic amines) is 1. The fourth-order valence-electron chi connectivity index (χ4n) is 2.47. The molecule has 0 atom stereocenters. The number of aliphatic hydroxyl groups is 1. The number of aliphatic hydroxyl groups excluding tert-OH is 1. The van der Waals surface area contributed by atoms with E-state index in [1.807, 2.05) is 0 Å². The molecule has 1 fully saturated rings. The summed E-state index contributed by atoms with van der Waals surface area (Å²) in [6.45, 7) is 2.65. The van der Waals surface area contributed by atoms with E-state index in [9.17, 15) is 0 Å². The van der Waals surface area contributed by atoms with E-state index in [0.29, 0.717) is 0 Å². The summed E-state index contributed by atoms with van der Waals surface area (Å²) >= 11 is 0. The number of hydrogen-bond donors (Lipinski definition) is 1. The molecule has 0 radical (unpaired) electrons. The highest BCUT2D eigenvalue weighted by Crippen LogP contribution is 2.27. The lowest BCUT2D eigenvalue weighted by Gasteiger charge is -2.29. The highest BCUT2D eigenvalue weighted by Gasteiger charge is 2.18. The van der Waals surface area contributed by atoms with Crippen molar-refractivity contribution < 1.29 is 5.11 Å². The van der Waals surface area contributed by atoms with E-state index in [4.69, 9.17) is 5.11 Å². The van der Waals surface area contributed by atoms with Gasteiger partial charge in [0.2, 0.25) is 0 Å². The molecule has 1 aliphatic rings. The van der Waals surface area contributed by atoms with E-state index >= 15 is 0 Å². The minimum absolute atomic E-state index is 0.247. The monoisotopic (exact) mass is 219 g/mol. The number of piperidine rings is 1. The van der Waals surface area contributed by atoms with Crippen LogP contribution < -0.4 is 0 Å². The van der Waals surface area contributed by atoms with E-state index in [1.165, 1.54) is 37.1 Å². The van der Waals surface area contributed by atoms with Crippen molar-refractivity contribution in [2.75, 3.05) is 26.7 Å². The molecule has 0 bridgehead atoms. The van der Waals surface area contributed by atoms with Gasteiger partial charge < -0.3 is 10.0 Å². The molecule has 0 spiro atoms. The zero-order valence-corrected chi connectivity index (χ0v) is 10.0.